The normalized spacial score (nSPS) is 18.4. The molecule has 1 fully saturated rings. The Balaban J connectivity index is 1.74. The number of imidazole rings is 2. The van der Waals surface area contributed by atoms with E-state index < -0.39 is 11.9 Å². The number of aryl methyl sites for hydroxylation is 2. The van der Waals surface area contributed by atoms with Gasteiger partial charge in [-0.1, -0.05) is 0 Å². The van der Waals surface area contributed by atoms with Crippen molar-refractivity contribution in [2.75, 3.05) is 65.4 Å². The first-order valence-corrected chi connectivity index (χ1v) is 11.6. The van der Waals surface area contributed by atoms with Gasteiger partial charge in [-0.15, -0.1) is 0 Å². The van der Waals surface area contributed by atoms with Crippen molar-refractivity contribution >= 4 is 11.9 Å². The third-order valence-electron chi connectivity index (χ3n) is 6.22. The standard InChI is InChI=1S/C22H36N8O4/c1-25-5-3-23-19(25)15-27-7-11-29(17-21(31)32)13-9-28(16-20-24-4-6-26(20)2)10-14-30(12-8-27)18-22(33)34/h3-6H,7-18H2,1-2H3,(H,31,32)(H,33,34). The van der Waals surface area contributed by atoms with Gasteiger partial charge in [0.25, 0.3) is 0 Å². The van der Waals surface area contributed by atoms with Gasteiger partial charge in [0.05, 0.1) is 26.2 Å². The summed E-state index contributed by atoms with van der Waals surface area (Å²) in [7, 11) is 3.89. The summed E-state index contributed by atoms with van der Waals surface area (Å²) in [5, 5.41) is 18.9. The molecule has 0 bridgehead atoms. The van der Waals surface area contributed by atoms with Gasteiger partial charge in [-0.05, 0) is 0 Å². The topological polar surface area (TPSA) is 123 Å². The van der Waals surface area contributed by atoms with Crippen molar-refractivity contribution < 1.29 is 19.8 Å². The molecule has 34 heavy (non-hydrogen) atoms. The second kappa shape index (κ2) is 12.6. The van der Waals surface area contributed by atoms with Crippen LogP contribution in [0.5, 0.6) is 0 Å². The summed E-state index contributed by atoms with van der Waals surface area (Å²) < 4.78 is 3.94. The number of nitrogens with zero attached hydrogens (tertiary/aromatic N) is 8. The lowest BCUT2D eigenvalue weighted by molar-refractivity contribution is -0.139. The average molecular weight is 477 g/mol. The summed E-state index contributed by atoms with van der Waals surface area (Å²) in [4.78, 5) is 40.2. The number of carboxylic acid groups (broad SMARTS) is 2. The van der Waals surface area contributed by atoms with Crippen molar-refractivity contribution in [2.24, 2.45) is 14.1 Å². The SMILES string of the molecule is Cn1ccnc1CN1CCN(CC(=O)O)CCN(Cc2nccn2C)CCN(CC(=O)O)CC1. The molecule has 12 heteroatoms. The number of hydrogen-bond donors (Lipinski definition) is 2. The van der Waals surface area contributed by atoms with Crippen LogP contribution in [0.15, 0.2) is 24.8 Å². The lowest BCUT2D eigenvalue weighted by Gasteiger charge is -2.33. The van der Waals surface area contributed by atoms with Crippen LogP contribution in [0.4, 0.5) is 0 Å². The minimum atomic E-state index is -0.842. The van der Waals surface area contributed by atoms with Crippen LogP contribution in [0.2, 0.25) is 0 Å². The Morgan fingerprint density at radius 3 is 1.26 bits per heavy atom. The van der Waals surface area contributed by atoms with Crippen LogP contribution in [-0.2, 0) is 36.8 Å². The largest absolute Gasteiger partial charge is 0.480 e. The predicted molar refractivity (Wildman–Crippen MR) is 125 cm³/mol. The number of carboxylic acids is 2. The lowest BCUT2D eigenvalue weighted by atomic mass is 10.3. The lowest BCUT2D eigenvalue weighted by Crippen LogP contribution is -2.47. The van der Waals surface area contributed by atoms with E-state index in [0.29, 0.717) is 65.4 Å². The number of aliphatic carboxylic acids is 2. The van der Waals surface area contributed by atoms with E-state index in [1.54, 1.807) is 12.4 Å². The van der Waals surface area contributed by atoms with Crippen LogP contribution in [0, 0.1) is 0 Å². The highest BCUT2D eigenvalue weighted by atomic mass is 16.4. The van der Waals surface area contributed by atoms with Crippen molar-refractivity contribution in [2.45, 2.75) is 13.1 Å². The maximum Gasteiger partial charge on any atom is 0.317 e. The smallest absolute Gasteiger partial charge is 0.317 e. The van der Waals surface area contributed by atoms with Gasteiger partial charge in [-0.3, -0.25) is 29.2 Å². The molecule has 0 radical (unpaired) electrons. The Labute approximate surface area is 200 Å². The third kappa shape index (κ3) is 8.20. The summed E-state index contributed by atoms with van der Waals surface area (Å²) in [6.07, 6.45) is 7.32. The minimum Gasteiger partial charge on any atom is -0.480 e. The molecule has 1 aliphatic rings. The Bertz CT molecular complexity index is 839. The number of carbonyl (C=O) groups is 2. The zero-order valence-corrected chi connectivity index (χ0v) is 20.1. The van der Waals surface area contributed by atoms with E-state index in [-0.39, 0.29) is 13.1 Å². The summed E-state index contributed by atoms with van der Waals surface area (Å²) in [6, 6.07) is 0. The van der Waals surface area contributed by atoms with Gasteiger partial charge in [-0.2, -0.15) is 0 Å². The highest BCUT2D eigenvalue weighted by molar-refractivity contribution is 5.69. The first-order valence-electron chi connectivity index (χ1n) is 11.6. The van der Waals surface area contributed by atoms with Gasteiger partial charge in [0, 0.05) is 91.2 Å². The quantitative estimate of drug-likeness (QED) is 0.503. The molecule has 3 rings (SSSR count). The van der Waals surface area contributed by atoms with Crippen molar-refractivity contribution in [3.05, 3.63) is 36.4 Å². The van der Waals surface area contributed by atoms with Crippen LogP contribution in [0.3, 0.4) is 0 Å². The minimum absolute atomic E-state index is 0.0162. The van der Waals surface area contributed by atoms with Gasteiger partial charge < -0.3 is 19.3 Å². The molecule has 0 amide bonds. The van der Waals surface area contributed by atoms with Gasteiger partial charge in [-0.25, -0.2) is 9.97 Å². The van der Waals surface area contributed by atoms with Crippen LogP contribution >= 0.6 is 0 Å². The van der Waals surface area contributed by atoms with Crippen molar-refractivity contribution in [3.8, 4) is 0 Å². The fourth-order valence-electron chi connectivity index (χ4n) is 4.09. The molecule has 1 saturated heterocycles. The van der Waals surface area contributed by atoms with E-state index in [1.807, 2.05) is 45.4 Å². The maximum absolute atomic E-state index is 11.5. The van der Waals surface area contributed by atoms with E-state index >= 15 is 0 Å². The summed E-state index contributed by atoms with van der Waals surface area (Å²) >= 11 is 0. The molecule has 0 aromatic carbocycles. The van der Waals surface area contributed by atoms with E-state index in [9.17, 15) is 19.8 Å². The first-order chi connectivity index (χ1) is 16.3. The van der Waals surface area contributed by atoms with Crippen LogP contribution in [0.1, 0.15) is 11.6 Å². The van der Waals surface area contributed by atoms with Crippen LogP contribution < -0.4 is 0 Å². The Hall–Kier alpha value is -2.80. The van der Waals surface area contributed by atoms with Crippen molar-refractivity contribution in [1.29, 1.82) is 0 Å². The Morgan fingerprint density at radius 2 is 1.00 bits per heavy atom. The number of rotatable bonds is 8. The molecule has 3 heterocycles. The summed E-state index contributed by atoms with van der Waals surface area (Å²) in [5.41, 5.74) is 0. The molecular weight excluding hydrogens is 440 g/mol. The Kier molecular flexibility index (Phi) is 9.57. The summed E-state index contributed by atoms with van der Waals surface area (Å²) in [6.45, 7) is 6.29. The van der Waals surface area contributed by atoms with Crippen LogP contribution in [0.25, 0.3) is 0 Å². The number of aromatic nitrogens is 4. The fraction of sp³-hybridized carbons (Fsp3) is 0.636. The molecule has 1 aliphatic heterocycles. The monoisotopic (exact) mass is 476 g/mol. The van der Waals surface area contributed by atoms with Gasteiger partial charge >= 0.3 is 11.9 Å². The fourth-order valence-corrected chi connectivity index (χ4v) is 4.09. The van der Waals surface area contributed by atoms with E-state index in [4.69, 9.17) is 0 Å². The maximum atomic E-state index is 11.5. The average Bonchev–Trinajstić information content (AvgIpc) is 3.36. The van der Waals surface area contributed by atoms with Gasteiger partial charge in [0.15, 0.2) is 0 Å². The molecule has 188 valence electrons. The molecule has 0 unspecified atom stereocenters. The molecule has 0 atom stereocenters. The first kappa shape index (κ1) is 25.8. The molecule has 2 N–H and O–H groups in total. The van der Waals surface area contributed by atoms with Gasteiger partial charge in [0.1, 0.15) is 11.6 Å². The second-order valence-corrected chi connectivity index (χ2v) is 8.80. The van der Waals surface area contributed by atoms with Gasteiger partial charge in [0.2, 0.25) is 0 Å². The molecule has 0 spiro atoms. The molecule has 2 aromatic rings. The third-order valence-corrected chi connectivity index (χ3v) is 6.22. The van der Waals surface area contributed by atoms with E-state index in [2.05, 4.69) is 19.8 Å². The molecule has 12 nitrogen and oxygen atoms in total. The molecule has 0 saturated carbocycles. The predicted octanol–water partition coefficient (Wildman–Crippen LogP) is -0.755. The highest BCUT2D eigenvalue weighted by Crippen LogP contribution is 2.07. The number of hydrogen-bond acceptors (Lipinski definition) is 8. The second-order valence-electron chi connectivity index (χ2n) is 8.80. The van der Waals surface area contributed by atoms with Crippen molar-refractivity contribution in [1.82, 2.24) is 38.7 Å². The zero-order chi connectivity index (χ0) is 24.5. The zero-order valence-electron chi connectivity index (χ0n) is 20.1. The van der Waals surface area contributed by atoms with Crippen molar-refractivity contribution in [3.63, 3.8) is 0 Å². The molecule has 2 aromatic heterocycles. The Morgan fingerprint density at radius 1 is 0.676 bits per heavy atom. The van der Waals surface area contributed by atoms with E-state index in [1.165, 1.54) is 0 Å². The summed E-state index contributed by atoms with van der Waals surface area (Å²) in [5.74, 6) is 0.155. The molecular formula is C22H36N8O4. The molecule has 0 aliphatic carbocycles. The highest BCUT2D eigenvalue weighted by Gasteiger charge is 2.20. The van der Waals surface area contributed by atoms with Crippen LogP contribution in [-0.4, -0.2) is 126 Å². The van der Waals surface area contributed by atoms with E-state index in [0.717, 1.165) is 11.6 Å².